The van der Waals surface area contributed by atoms with Crippen molar-refractivity contribution in [3.8, 4) is 0 Å². The fourth-order valence-corrected chi connectivity index (χ4v) is 1.80. The molecule has 1 nitrogen and oxygen atoms in total. The van der Waals surface area contributed by atoms with Crippen LogP contribution < -0.4 is 0 Å². The van der Waals surface area contributed by atoms with Crippen molar-refractivity contribution in [2.75, 3.05) is 7.05 Å². The van der Waals surface area contributed by atoms with Gasteiger partial charge in [-0.05, 0) is 37.7 Å². The molecular weight excluding hydrogens is 218 g/mol. The Balaban J connectivity index is 4.93. The topological polar surface area (TPSA) is 3.24 Å². The van der Waals surface area contributed by atoms with Crippen molar-refractivity contribution in [2.45, 2.75) is 60.8 Å². The van der Waals surface area contributed by atoms with Gasteiger partial charge in [0.25, 0.3) is 0 Å². The van der Waals surface area contributed by atoms with Crippen LogP contribution in [-0.4, -0.2) is 11.9 Å². The highest BCUT2D eigenvalue weighted by molar-refractivity contribution is 5.17. The van der Waals surface area contributed by atoms with Crippen molar-refractivity contribution >= 4 is 0 Å². The summed E-state index contributed by atoms with van der Waals surface area (Å²) in [6.45, 7) is 13.4. The van der Waals surface area contributed by atoms with E-state index in [1.807, 2.05) is 0 Å². The molecule has 0 spiro atoms. The van der Waals surface area contributed by atoms with E-state index in [1.54, 1.807) is 0 Å². The van der Waals surface area contributed by atoms with Crippen LogP contribution in [0.3, 0.4) is 0 Å². The van der Waals surface area contributed by atoms with Gasteiger partial charge in [0.05, 0.1) is 0 Å². The van der Waals surface area contributed by atoms with Crippen LogP contribution in [0.15, 0.2) is 35.7 Å². The Morgan fingerprint density at radius 2 is 1.61 bits per heavy atom. The summed E-state index contributed by atoms with van der Waals surface area (Å²) in [5, 5.41) is 0. The van der Waals surface area contributed by atoms with Gasteiger partial charge in [-0.1, -0.05) is 52.8 Å². The van der Waals surface area contributed by atoms with Gasteiger partial charge in [-0.15, -0.1) is 0 Å². The zero-order valence-corrected chi connectivity index (χ0v) is 13.4. The van der Waals surface area contributed by atoms with Crippen LogP contribution in [0.4, 0.5) is 0 Å². The summed E-state index contributed by atoms with van der Waals surface area (Å²) in [5.41, 5.74) is 3.15. The minimum Gasteiger partial charge on any atom is -0.352 e. The average molecular weight is 249 g/mol. The molecule has 0 aliphatic heterocycles. The molecule has 0 aliphatic rings. The number of hydrogen-bond acceptors (Lipinski definition) is 1. The first-order valence-corrected chi connectivity index (χ1v) is 7.10. The third-order valence-electron chi connectivity index (χ3n) is 3.02. The molecule has 0 saturated carbocycles. The maximum atomic E-state index is 2.39. The summed E-state index contributed by atoms with van der Waals surface area (Å²) in [6, 6.07) is 0. The number of rotatable bonds is 6. The Labute approximate surface area is 114 Å². The van der Waals surface area contributed by atoms with Crippen LogP contribution in [0.1, 0.15) is 60.8 Å². The zero-order valence-electron chi connectivity index (χ0n) is 13.4. The highest BCUT2D eigenvalue weighted by Gasteiger charge is 2.11. The molecule has 104 valence electrons. The monoisotopic (exact) mass is 249 g/mol. The molecule has 0 unspecified atom stereocenters. The van der Waals surface area contributed by atoms with Crippen molar-refractivity contribution < 1.29 is 0 Å². The highest BCUT2D eigenvalue weighted by atomic mass is 15.1. The molecule has 0 rings (SSSR count). The Morgan fingerprint density at radius 1 is 1.06 bits per heavy atom. The number of allylic oxidation sites excluding steroid dienone is 6. The molecule has 0 aromatic rings. The molecule has 0 aromatic carbocycles. The molecule has 0 bridgehead atoms. The fraction of sp³-hybridized carbons (Fsp3) is 0.647. The van der Waals surface area contributed by atoms with E-state index < -0.39 is 0 Å². The molecule has 0 fully saturated rings. The van der Waals surface area contributed by atoms with Crippen LogP contribution in [0.25, 0.3) is 0 Å². The molecule has 18 heavy (non-hydrogen) atoms. The third-order valence-corrected chi connectivity index (χ3v) is 3.02. The second-order valence-electron chi connectivity index (χ2n) is 5.91. The van der Waals surface area contributed by atoms with Crippen molar-refractivity contribution in [1.29, 1.82) is 0 Å². The average Bonchev–Trinajstić information content (AvgIpc) is 2.29. The van der Waals surface area contributed by atoms with Crippen LogP contribution in [0.5, 0.6) is 0 Å². The molecule has 0 amide bonds. The van der Waals surface area contributed by atoms with Crippen LogP contribution in [-0.2, 0) is 0 Å². The minimum absolute atomic E-state index is 0.362. The normalized spacial score (nSPS) is 14.4. The van der Waals surface area contributed by atoms with Gasteiger partial charge in [-0.2, -0.15) is 0 Å². The van der Waals surface area contributed by atoms with Gasteiger partial charge in [-0.3, -0.25) is 0 Å². The lowest BCUT2D eigenvalue weighted by atomic mass is 9.91. The second-order valence-corrected chi connectivity index (χ2v) is 5.91. The smallest absolute Gasteiger partial charge is 0.0170 e. The first kappa shape index (κ1) is 17.0. The quantitative estimate of drug-likeness (QED) is 0.560. The molecule has 0 N–H and O–H groups in total. The number of hydrogen-bond donors (Lipinski definition) is 0. The summed E-state index contributed by atoms with van der Waals surface area (Å²) in [6.07, 6.45) is 12.1. The first-order valence-electron chi connectivity index (χ1n) is 7.10. The van der Waals surface area contributed by atoms with Crippen LogP contribution in [0, 0.1) is 5.41 Å². The summed E-state index contributed by atoms with van der Waals surface area (Å²) in [7, 11) is 2.18. The molecule has 0 aromatic heterocycles. The van der Waals surface area contributed by atoms with E-state index in [0.29, 0.717) is 5.41 Å². The minimum atomic E-state index is 0.362. The fourth-order valence-electron chi connectivity index (χ4n) is 1.80. The molecule has 0 atom stereocenters. The van der Waals surface area contributed by atoms with Crippen molar-refractivity contribution in [3.63, 3.8) is 0 Å². The second kappa shape index (κ2) is 8.18. The number of nitrogens with zero attached hydrogens (tertiary/aromatic N) is 1. The van der Waals surface area contributed by atoms with Crippen molar-refractivity contribution in [2.24, 2.45) is 5.41 Å². The highest BCUT2D eigenvalue weighted by Crippen LogP contribution is 2.23. The van der Waals surface area contributed by atoms with E-state index in [9.17, 15) is 0 Å². The molecular formula is C17H31N. The standard InChI is InChI=1S/C17H31N/c1-8-11-12-15(9-2)18(7)16(10-3)13-14-17(4,5)6/h8,11-13H,9-10,14H2,1-7H3/b11-8-,15-12+,16-13+. The lowest BCUT2D eigenvalue weighted by Crippen LogP contribution is -2.17. The van der Waals surface area contributed by atoms with E-state index in [0.717, 1.165) is 19.3 Å². The van der Waals surface area contributed by atoms with Gasteiger partial charge in [0, 0.05) is 18.4 Å². The molecule has 0 radical (unpaired) electrons. The van der Waals surface area contributed by atoms with E-state index in [4.69, 9.17) is 0 Å². The maximum Gasteiger partial charge on any atom is 0.0170 e. The molecule has 0 aliphatic carbocycles. The Hall–Kier alpha value is -0.980. The van der Waals surface area contributed by atoms with Crippen LogP contribution in [0.2, 0.25) is 0 Å². The lowest BCUT2D eigenvalue weighted by Gasteiger charge is -2.26. The van der Waals surface area contributed by atoms with E-state index in [-0.39, 0.29) is 0 Å². The van der Waals surface area contributed by atoms with Gasteiger partial charge in [0.2, 0.25) is 0 Å². The van der Waals surface area contributed by atoms with E-state index >= 15 is 0 Å². The van der Waals surface area contributed by atoms with Gasteiger partial charge >= 0.3 is 0 Å². The lowest BCUT2D eigenvalue weighted by molar-refractivity contribution is 0.409. The maximum absolute atomic E-state index is 2.39. The Bertz CT molecular complexity index is 313. The van der Waals surface area contributed by atoms with Crippen LogP contribution >= 0.6 is 0 Å². The first-order chi connectivity index (χ1) is 8.35. The van der Waals surface area contributed by atoms with Gasteiger partial charge < -0.3 is 4.90 Å². The van der Waals surface area contributed by atoms with E-state index in [2.05, 4.69) is 77.8 Å². The van der Waals surface area contributed by atoms with Gasteiger partial charge in [0.15, 0.2) is 0 Å². The summed E-state index contributed by atoms with van der Waals surface area (Å²) in [4.78, 5) is 2.34. The van der Waals surface area contributed by atoms with Gasteiger partial charge in [-0.25, -0.2) is 0 Å². The molecule has 0 heterocycles. The van der Waals surface area contributed by atoms with E-state index in [1.165, 1.54) is 11.4 Å². The molecule has 1 heteroatoms. The largest absolute Gasteiger partial charge is 0.352 e. The summed E-state index contributed by atoms with van der Waals surface area (Å²) in [5.74, 6) is 0. The summed E-state index contributed by atoms with van der Waals surface area (Å²) < 4.78 is 0. The third kappa shape index (κ3) is 6.68. The zero-order chi connectivity index (χ0) is 14.2. The molecule has 0 saturated heterocycles. The Kier molecular flexibility index (Phi) is 7.73. The van der Waals surface area contributed by atoms with Gasteiger partial charge in [0.1, 0.15) is 0 Å². The predicted octanol–water partition coefficient (Wildman–Crippen LogP) is 5.52. The van der Waals surface area contributed by atoms with Crippen molar-refractivity contribution in [1.82, 2.24) is 4.90 Å². The SMILES string of the molecule is C/C=C\C=C(/CC)N(C)/C(=C/CC(C)(C)C)CC. The Morgan fingerprint density at radius 3 is 2.00 bits per heavy atom. The summed E-state index contributed by atoms with van der Waals surface area (Å²) >= 11 is 0. The predicted molar refractivity (Wildman–Crippen MR) is 83.4 cm³/mol. The van der Waals surface area contributed by atoms with Crippen molar-refractivity contribution in [3.05, 3.63) is 35.7 Å².